The van der Waals surface area contributed by atoms with Gasteiger partial charge in [-0.1, -0.05) is 0 Å². The number of rotatable bonds is 4. The van der Waals surface area contributed by atoms with Gasteiger partial charge < -0.3 is 4.98 Å². The van der Waals surface area contributed by atoms with Crippen molar-refractivity contribution >= 4 is 0 Å². The highest BCUT2D eigenvalue weighted by Gasteiger charge is 2.41. The smallest absolute Gasteiger partial charge is 0.349 e. The molecule has 4 rings (SSSR count). The van der Waals surface area contributed by atoms with Gasteiger partial charge in [0.15, 0.2) is 0 Å². The van der Waals surface area contributed by atoms with Gasteiger partial charge >= 0.3 is 12.4 Å². The number of hydrogen-bond donors (Lipinski definition) is 1. The normalized spacial score (nSPS) is 12.7. The van der Waals surface area contributed by atoms with Crippen molar-refractivity contribution in [1.29, 1.82) is 0 Å². The van der Waals surface area contributed by atoms with Gasteiger partial charge in [-0.2, -0.15) is 40.1 Å². The van der Waals surface area contributed by atoms with E-state index < -0.39 is 46.6 Å². The van der Waals surface area contributed by atoms with Crippen LogP contribution in [0.3, 0.4) is 0 Å². The lowest BCUT2D eigenvalue weighted by molar-refractivity contribution is -0.142. The maximum absolute atomic E-state index is 14.4. The summed E-state index contributed by atoms with van der Waals surface area (Å²) in [7, 11) is 0. The van der Waals surface area contributed by atoms with Crippen LogP contribution in [0.1, 0.15) is 47.6 Å². The Hall–Kier alpha value is -3.83. The minimum Gasteiger partial charge on any atom is -0.349 e. The largest absolute Gasteiger partial charge is 0.431 e. The summed E-state index contributed by atoms with van der Waals surface area (Å²) in [6.07, 6.45) is -10.1. The van der Waals surface area contributed by atoms with E-state index in [-0.39, 0.29) is 28.7 Å². The third kappa shape index (κ3) is 5.25. The Morgan fingerprint density at radius 1 is 0.684 bits per heavy atom. The number of aromatic nitrogens is 4. The van der Waals surface area contributed by atoms with Crippen molar-refractivity contribution in [2.45, 2.75) is 45.5 Å². The van der Waals surface area contributed by atoms with Crippen LogP contribution >= 0.6 is 0 Å². The van der Waals surface area contributed by atoms with Gasteiger partial charge in [-0.3, -0.25) is 9.97 Å². The molecule has 0 aromatic carbocycles. The second-order valence-electron chi connectivity index (χ2n) is 9.39. The van der Waals surface area contributed by atoms with E-state index in [1.807, 2.05) is 4.98 Å². The van der Waals surface area contributed by atoms with Crippen LogP contribution in [0.4, 0.5) is 35.1 Å². The van der Waals surface area contributed by atoms with Crippen LogP contribution in [-0.4, -0.2) is 19.9 Å². The summed E-state index contributed by atoms with van der Waals surface area (Å²) in [5.74, 6) is -2.08. The van der Waals surface area contributed by atoms with Crippen LogP contribution in [0.15, 0.2) is 42.5 Å². The van der Waals surface area contributed by atoms with Gasteiger partial charge in [0.1, 0.15) is 5.69 Å². The van der Waals surface area contributed by atoms with Gasteiger partial charge in [-0.05, 0) is 81.3 Å². The molecule has 0 unspecified atom stereocenters. The zero-order valence-corrected chi connectivity index (χ0v) is 20.4. The Balaban J connectivity index is 1.87. The van der Waals surface area contributed by atoms with Crippen LogP contribution in [0.5, 0.6) is 0 Å². The monoisotopic (exact) mass is 540 g/mol. The Kier molecular flexibility index (Phi) is 6.57. The quantitative estimate of drug-likeness (QED) is 0.212. The molecule has 0 fully saturated rings. The highest BCUT2D eigenvalue weighted by molar-refractivity contribution is 5.64. The molecule has 4 aromatic rings. The molecule has 1 N–H and O–H groups in total. The fraction of sp³-hybridized carbons (Fsp3) is 0.269. The summed E-state index contributed by atoms with van der Waals surface area (Å²) in [5, 5.41) is 0. The van der Waals surface area contributed by atoms with Crippen molar-refractivity contribution in [1.82, 2.24) is 19.9 Å². The standard InChI is InChI=1S/C26H20F8N4/c1-12-7-16(14-5-6-21(27)38-23(14)28)35-18(9-12)24(3,4)19-10-13(2)8-17(36-19)22-15(25(29,30)31)11-20(37-22)26(32,33)34/h5-11,37H,1-4H3. The first kappa shape index (κ1) is 27.2. The molecule has 0 amide bonds. The number of nitrogens with one attached hydrogen (secondary N) is 1. The first-order chi connectivity index (χ1) is 17.5. The zero-order valence-electron chi connectivity index (χ0n) is 20.4. The lowest BCUT2D eigenvalue weighted by Gasteiger charge is -2.26. The Labute approximate surface area is 211 Å². The maximum atomic E-state index is 14.4. The van der Waals surface area contributed by atoms with Gasteiger partial charge in [0, 0.05) is 5.41 Å². The van der Waals surface area contributed by atoms with Gasteiger partial charge in [0.25, 0.3) is 0 Å². The maximum Gasteiger partial charge on any atom is 0.431 e. The van der Waals surface area contributed by atoms with Crippen LogP contribution in [0, 0.1) is 25.7 Å². The molecule has 4 nitrogen and oxygen atoms in total. The van der Waals surface area contributed by atoms with Crippen molar-refractivity contribution < 1.29 is 35.1 Å². The minimum atomic E-state index is -5.07. The number of aromatic amines is 1. The second kappa shape index (κ2) is 9.17. The van der Waals surface area contributed by atoms with E-state index in [4.69, 9.17) is 0 Å². The molecule has 12 heteroatoms. The third-order valence-corrected chi connectivity index (χ3v) is 6.00. The molecule has 0 aliphatic heterocycles. The fourth-order valence-electron chi connectivity index (χ4n) is 4.01. The van der Waals surface area contributed by atoms with Gasteiger partial charge in [0.2, 0.25) is 11.9 Å². The van der Waals surface area contributed by atoms with Crippen molar-refractivity contribution in [2.75, 3.05) is 0 Å². The average molecular weight is 540 g/mol. The summed E-state index contributed by atoms with van der Waals surface area (Å²) in [6.45, 7) is 6.62. The average Bonchev–Trinajstić information content (AvgIpc) is 3.25. The molecule has 0 saturated heterocycles. The van der Waals surface area contributed by atoms with Crippen LogP contribution in [0.2, 0.25) is 0 Å². The number of alkyl halides is 6. The molecule has 0 aliphatic rings. The molecule has 0 bridgehead atoms. The molecule has 200 valence electrons. The summed E-state index contributed by atoms with van der Waals surface area (Å²) in [4.78, 5) is 13.8. The van der Waals surface area contributed by atoms with E-state index in [1.165, 1.54) is 12.1 Å². The lowest BCUT2D eigenvalue weighted by atomic mass is 9.83. The SMILES string of the molecule is Cc1cc(-c2ccc(F)nc2F)nc(C(C)(C)c2cc(C)cc(-c3[nH]c(C(F)(F)F)cc3C(F)(F)F)n2)c1. The number of H-pyrrole nitrogens is 1. The van der Waals surface area contributed by atoms with Gasteiger partial charge in [-0.25, -0.2) is 0 Å². The van der Waals surface area contributed by atoms with E-state index in [9.17, 15) is 35.1 Å². The third-order valence-electron chi connectivity index (χ3n) is 6.00. The number of pyridine rings is 3. The lowest BCUT2D eigenvalue weighted by Crippen LogP contribution is -2.23. The molecule has 0 radical (unpaired) electrons. The first-order valence-corrected chi connectivity index (χ1v) is 11.2. The van der Waals surface area contributed by atoms with Crippen LogP contribution < -0.4 is 0 Å². The summed E-state index contributed by atoms with van der Waals surface area (Å²) < 4.78 is 108. The molecule has 4 aromatic heterocycles. The zero-order chi connectivity index (χ0) is 28.2. The van der Waals surface area contributed by atoms with Gasteiger partial charge in [-0.15, -0.1) is 0 Å². The number of hydrogen-bond acceptors (Lipinski definition) is 3. The van der Waals surface area contributed by atoms with Crippen LogP contribution in [0.25, 0.3) is 22.6 Å². The number of halogens is 8. The molecule has 0 spiro atoms. The molecule has 0 saturated carbocycles. The van der Waals surface area contributed by atoms with Crippen LogP contribution in [-0.2, 0) is 17.8 Å². The van der Waals surface area contributed by atoms with Gasteiger partial charge in [0.05, 0.1) is 39.6 Å². The highest BCUT2D eigenvalue weighted by Crippen LogP contribution is 2.42. The molecule has 38 heavy (non-hydrogen) atoms. The van der Waals surface area contributed by atoms with Crippen molar-refractivity contribution in [2.24, 2.45) is 0 Å². The van der Waals surface area contributed by atoms with E-state index in [1.54, 1.807) is 45.9 Å². The molecular weight excluding hydrogens is 520 g/mol. The summed E-state index contributed by atoms with van der Waals surface area (Å²) >= 11 is 0. The molecular formula is C26H20F8N4. The van der Waals surface area contributed by atoms with E-state index in [0.717, 1.165) is 6.07 Å². The number of aryl methyl sites for hydroxylation is 2. The highest BCUT2D eigenvalue weighted by atomic mass is 19.4. The van der Waals surface area contributed by atoms with Crippen molar-refractivity contribution in [3.8, 4) is 22.6 Å². The molecule has 0 aliphatic carbocycles. The van der Waals surface area contributed by atoms with Crippen molar-refractivity contribution in [3.05, 3.63) is 88.1 Å². The van der Waals surface area contributed by atoms with Crippen molar-refractivity contribution in [3.63, 3.8) is 0 Å². The Morgan fingerprint density at radius 2 is 1.24 bits per heavy atom. The number of nitrogens with zero attached hydrogens (tertiary/aromatic N) is 3. The summed E-state index contributed by atoms with van der Waals surface area (Å²) in [6, 6.07) is 8.22. The van der Waals surface area contributed by atoms with E-state index >= 15 is 0 Å². The predicted molar refractivity (Wildman–Crippen MR) is 123 cm³/mol. The van der Waals surface area contributed by atoms with E-state index in [0.29, 0.717) is 16.8 Å². The Morgan fingerprint density at radius 3 is 1.76 bits per heavy atom. The second-order valence-corrected chi connectivity index (χ2v) is 9.39. The fourth-order valence-corrected chi connectivity index (χ4v) is 4.01. The predicted octanol–water partition coefficient (Wildman–Crippen LogP) is 7.79. The van der Waals surface area contributed by atoms with E-state index in [2.05, 4.69) is 15.0 Å². The molecule has 0 atom stereocenters. The topological polar surface area (TPSA) is 54.5 Å². The first-order valence-electron chi connectivity index (χ1n) is 11.2. The Bertz CT molecular complexity index is 1520. The minimum absolute atomic E-state index is 0.0177. The molecule has 4 heterocycles. The summed E-state index contributed by atoms with van der Waals surface area (Å²) in [5.41, 5.74) is -3.57.